The van der Waals surface area contributed by atoms with Gasteiger partial charge >= 0.3 is 0 Å². The van der Waals surface area contributed by atoms with E-state index in [1.807, 2.05) is 13.8 Å². The minimum atomic E-state index is -0.276. The first-order valence-corrected chi connectivity index (χ1v) is 6.70. The Labute approximate surface area is 125 Å². The van der Waals surface area contributed by atoms with Gasteiger partial charge in [-0.15, -0.1) is 10.2 Å². The fraction of sp³-hybridized carbons (Fsp3) is 0.231. The van der Waals surface area contributed by atoms with E-state index in [-0.39, 0.29) is 11.9 Å². The molecular weight excluding hydrogens is 284 g/mol. The molecule has 0 fully saturated rings. The molecule has 112 valence electrons. The number of hydrogen-bond acceptors (Lipinski definition) is 6. The van der Waals surface area contributed by atoms with Gasteiger partial charge in [0.2, 0.25) is 11.8 Å². The summed E-state index contributed by atoms with van der Waals surface area (Å²) in [6.07, 6.45) is 1.32. The summed E-state index contributed by atoms with van der Waals surface area (Å²) in [4.78, 5) is 17.4. The van der Waals surface area contributed by atoms with E-state index in [0.29, 0.717) is 17.3 Å². The van der Waals surface area contributed by atoms with Crippen molar-refractivity contribution in [3.8, 4) is 11.4 Å². The van der Waals surface area contributed by atoms with Crippen molar-refractivity contribution in [2.24, 2.45) is 0 Å². The van der Waals surface area contributed by atoms with Gasteiger partial charge in [-0.05, 0) is 31.2 Å². The van der Waals surface area contributed by atoms with Crippen molar-refractivity contribution < 1.29 is 4.79 Å². The maximum Gasteiger partial charge on any atom is 0.258 e. The molecule has 2 N–H and O–H groups in total. The molecular formula is C13H14N8O. The lowest BCUT2D eigenvalue weighted by atomic mass is 10.1. The molecule has 1 amide bonds. The van der Waals surface area contributed by atoms with Crippen molar-refractivity contribution in [1.82, 2.24) is 35.4 Å². The molecule has 22 heavy (non-hydrogen) atoms. The van der Waals surface area contributed by atoms with E-state index in [0.717, 1.165) is 5.56 Å². The summed E-state index contributed by atoms with van der Waals surface area (Å²) in [7, 11) is 0. The van der Waals surface area contributed by atoms with Gasteiger partial charge in [0, 0.05) is 11.1 Å². The maximum atomic E-state index is 12.0. The molecule has 0 spiro atoms. The van der Waals surface area contributed by atoms with E-state index in [1.165, 1.54) is 6.33 Å². The molecule has 3 rings (SSSR count). The summed E-state index contributed by atoms with van der Waals surface area (Å²) in [5.41, 5.74) is 1.29. The molecule has 2 aromatic heterocycles. The second-order valence-electron chi connectivity index (χ2n) is 4.89. The van der Waals surface area contributed by atoms with Crippen LogP contribution in [0.15, 0.2) is 30.6 Å². The second kappa shape index (κ2) is 5.72. The van der Waals surface area contributed by atoms with Crippen molar-refractivity contribution in [2.45, 2.75) is 19.9 Å². The third-order valence-corrected chi connectivity index (χ3v) is 2.94. The lowest BCUT2D eigenvalue weighted by Gasteiger charge is -2.02. The Morgan fingerprint density at radius 2 is 2.05 bits per heavy atom. The molecule has 0 aliphatic rings. The molecule has 0 bridgehead atoms. The lowest BCUT2D eigenvalue weighted by Crippen LogP contribution is -2.12. The smallest absolute Gasteiger partial charge is 0.258 e. The van der Waals surface area contributed by atoms with Crippen LogP contribution in [0.4, 0.5) is 5.95 Å². The van der Waals surface area contributed by atoms with Crippen LogP contribution in [-0.2, 0) is 0 Å². The summed E-state index contributed by atoms with van der Waals surface area (Å²) < 4.78 is 0. The van der Waals surface area contributed by atoms with Crippen LogP contribution in [0.2, 0.25) is 0 Å². The number of H-pyrrole nitrogens is 1. The average Bonchev–Trinajstić information content (AvgIpc) is 3.18. The molecule has 3 aromatic rings. The van der Waals surface area contributed by atoms with Crippen LogP contribution in [0.1, 0.15) is 30.2 Å². The van der Waals surface area contributed by atoms with Crippen LogP contribution < -0.4 is 5.32 Å². The van der Waals surface area contributed by atoms with Gasteiger partial charge in [-0.2, -0.15) is 14.9 Å². The van der Waals surface area contributed by atoms with Crippen LogP contribution in [0.3, 0.4) is 0 Å². The Morgan fingerprint density at radius 3 is 2.64 bits per heavy atom. The van der Waals surface area contributed by atoms with Crippen molar-refractivity contribution in [2.75, 3.05) is 5.32 Å². The molecule has 0 aliphatic heterocycles. The summed E-state index contributed by atoms with van der Waals surface area (Å²) in [6.45, 7) is 3.95. The number of tetrazole rings is 1. The molecule has 0 saturated heterocycles. The monoisotopic (exact) mass is 298 g/mol. The minimum Gasteiger partial charge on any atom is -0.291 e. The quantitative estimate of drug-likeness (QED) is 0.750. The first-order chi connectivity index (χ1) is 10.6. The fourth-order valence-corrected chi connectivity index (χ4v) is 1.78. The van der Waals surface area contributed by atoms with Gasteiger partial charge in [0.1, 0.15) is 6.33 Å². The van der Waals surface area contributed by atoms with E-state index in [1.54, 1.807) is 29.1 Å². The molecule has 0 saturated carbocycles. The highest BCUT2D eigenvalue weighted by atomic mass is 16.1. The topological polar surface area (TPSA) is 114 Å². The summed E-state index contributed by atoms with van der Waals surface area (Å²) >= 11 is 0. The lowest BCUT2D eigenvalue weighted by molar-refractivity contribution is 0.102. The number of aromatic nitrogens is 7. The van der Waals surface area contributed by atoms with Gasteiger partial charge in [0.15, 0.2) is 0 Å². The highest BCUT2D eigenvalue weighted by Crippen LogP contribution is 2.16. The Hall–Kier alpha value is -3.10. The van der Waals surface area contributed by atoms with E-state index in [9.17, 15) is 4.79 Å². The van der Waals surface area contributed by atoms with E-state index in [4.69, 9.17) is 0 Å². The largest absolute Gasteiger partial charge is 0.291 e. The van der Waals surface area contributed by atoms with Crippen LogP contribution in [0.25, 0.3) is 11.4 Å². The second-order valence-corrected chi connectivity index (χ2v) is 4.89. The van der Waals surface area contributed by atoms with Gasteiger partial charge in [-0.1, -0.05) is 12.1 Å². The Balaban J connectivity index is 1.75. The summed E-state index contributed by atoms with van der Waals surface area (Å²) in [5.74, 6) is 0.550. The number of benzene rings is 1. The molecule has 1 aromatic carbocycles. The Bertz CT molecular complexity index is 760. The minimum absolute atomic E-state index is 0.146. The van der Waals surface area contributed by atoms with Crippen LogP contribution in [0, 0.1) is 0 Å². The fourth-order valence-electron chi connectivity index (χ4n) is 1.78. The van der Waals surface area contributed by atoms with E-state index < -0.39 is 0 Å². The first-order valence-electron chi connectivity index (χ1n) is 6.70. The zero-order chi connectivity index (χ0) is 15.5. The third-order valence-electron chi connectivity index (χ3n) is 2.94. The molecule has 0 unspecified atom stereocenters. The highest BCUT2D eigenvalue weighted by molar-refractivity contribution is 6.03. The van der Waals surface area contributed by atoms with Crippen molar-refractivity contribution in [3.05, 3.63) is 36.2 Å². The first kappa shape index (κ1) is 13.9. The highest BCUT2D eigenvalue weighted by Gasteiger charge is 2.11. The molecule has 2 heterocycles. The van der Waals surface area contributed by atoms with Crippen molar-refractivity contribution in [3.63, 3.8) is 0 Å². The number of carbonyl (C=O) groups is 1. The maximum absolute atomic E-state index is 12.0. The molecule has 9 nitrogen and oxygen atoms in total. The Kier molecular flexibility index (Phi) is 3.60. The zero-order valence-corrected chi connectivity index (χ0v) is 12.1. The number of anilines is 1. The average molecular weight is 298 g/mol. The third kappa shape index (κ3) is 2.82. The summed E-state index contributed by atoms with van der Waals surface area (Å²) in [5, 5.41) is 21.1. The van der Waals surface area contributed by atoms with Crippen molar-refractivity contribution in [1.29, 1.82) is 0 Å². The number of hydrogen-bond donors (Lipinski definition) is 2. The zero-order valence-electron chi connectivity index (χ0n) is 12.1. The molecule has 9 heteroatoms. The number of rotatable bonds is 4. The normalized spacial score (nSPS) is 10.9. The van der Waals surface area contributed by atoms with Crippen LogP contribution >= 0.6 is 0 Å². The number of nitrogens with zero attached hydrogens (tertiary/aromatic N) is 6. The number of aromatic amines is 1. The standard InChI is InChI=1S/C13H14N8O/c1-8(2)21-19-11(17-20-21)9-3-5-10(6-4-9)12(22)16-13-14-7-15-18-13/h3-8H,1-2H3,(H2,14,15,16,18,22). The van der Waals surface area contributed by atoms with E-state index >= 15 is 0 Å². The van der Waals surface area contributed by atoms with E-state index in [2.05, 4.69) is 35.9 Å². The van der Waals surface area contributed by atoms with Crippen LogP contribution in [-0.4, -0.2) is 41.3 Å². The predicted molar refractivity (Wildman–Crippen MR) is 78.0 cm³/mol. The van der Waals surface area contributed by atoms with Gasteiger partial charge in [-0.25, -0.2) is 5.10 Å². The number of nitrogens with one attached hydrogen (secondary N) is 2. The van der Waals surface area contributed by atoms with Gasteiger partial charge in [0.05, 0.1) is 6.04 Å². The predicted octanol–water partition coefficient (Wildman–Crippen LogP) is 1.29. The SMILES string of the molecule is CC(C)n1nnc(-c2ccc(C(=O)Nc3ncn[nH]3)cc2)n1. The van der Waals surface area contributed by atoms with Crippen LogP contribution in [0.5, 0.6) is 0 Å². The summed E-state index contributed by atoms with van der Waals surface area (Å²) in [6, 6.07) is 7.08. The molecule has 0 radical (unpaired) electrons. The van der Waals surface area contributed by atoms with Gasteiger partial charge in [0.25, 0.3) is 5.91 Å². The van der Waals surface area contributed by atoms with Crippen molar-refractivity contribution >= 4 is 11.9 Å². The number of amides is 1. The Morgan fingerprint density at radius 1 is 1.27 bits per heavy atom. The number of carbonyl (C=O) groups excluding carboxylic acids is 1. The van der Waals surface area contributed by atoms with Gasteiger partial charge in [-0.3, -0.25) is 10.1 Å². The van der Waals surface area contributed by atoms with Gasteiger partial charge < -0.3 is 0 Å². The molecule has 0 atom stereocenters. The molecule has 0 aliphatic carbocycles.